The first-order valence-electron chi connectivity index (χ1n) is 8.19. The molecule has 0 radical (unpaired) electrons. The van der Waals surface area contributed by atoms with Crippen molar-refractivity contribution in [3.63, 3.8) is 0 Å². The van der Waals surface area contributed by atoms with Crippen LogP contribution >= 0.6 is 0 Å². The van der Waals surface area contributed by atoms with E-state index < -0.39 is 24.4 Å². The lowest BCUT2D eigenvalue weighted by Gasteiger charge is -2.08. The highest BCUT2D eigenvalue weighted by Gasteiger charge is 2.11. The predicted octanol–water partition coefficient (Wildman–Crippen LogP) is 1.41. The third-order valence-electron chi connectivity index (χ3n) is 3.33. The first-order valence-corrected chi connectivity index (χ1v) is 8.19. The molecule has 140 valence electrons. The van der Waals surface area contributed by atoms with Crippen LogP contribution in [0.15, 0.2) is 60.7 Å². The number of rotatable bonds is 7. The predicted molar refractivity (Wildman–Crippen MR) is 97.3 cm³/mol. The van der Waals surface area contributed by atoms with Crippen molar-refractivity contribution in [1.82, 2.24) is 10.9 Å². The molecule has 0 aliphatic carbocycles. The minimum absolute atomic E-state index is 0.0694. The number of ether oxygens (including phenoxy) is 1. The zero-order chi connectivity index (χ0) is 19.5. The fourth-order valence-electron chi connectivity index (χ4n) is 2.00. The van der Waals surface area contributed by atoms with Crippen molar-refractivity contribution in [1.29, 1.82) is 0 Å². The van der Waals surface area contributed by atoms with Crippen molar-refractivity contribution >= 4 is 29.4 Å². The molecule has 0 saturated heterocycles. The molecule has 2 rings (SSSR count). The Kier molecular flexibility index (Phi) is 7.52. The van der Waals surface area contributed by atoms with Crippen LogP contribution in [0, 0.1) is 0 Å². The van der Waals surface area contributed by atoms with Crippen LogP contribution in [-0.4, -0.2) is 30.3 Å². The van der Waals surface area contributed by atoms with Crippen LogP contribution in [0.1, 0.15) is 23.2 Å². The van der Waals surface area contributed by atoms with Crippen LogP contribution in [0.2, 0.25) is 0 Å². The molecular weight excluding hydrogens is 350 g/mol. The van der Waals surface area contributed by atoms with Crippen molar-refractivity contribution in [3.05, 3.63) is 66.2 Å². The van der Waals surface area contributed by atoms with Gasteiger partial charge in [-0.3, -0.25) is 30.0 Å². The Hall–Kier alpha value is -3.68. The summed E-state index contributed by atoms with van der Waals surface area (Å²) in [7, 11) is 0. The molecule has 0 aliphatic rings. The monoisotopic (exact) mass is 369 g/mol. The van der Waals surface area contributed by atoms with E-state index in [-0.39, 0.29) is 18.7 Å². The number of hydrogen-bond acceptors (Lipinski definition) is 5. The molecular formula is C19H19N3O5. The van der Waals surface area contributed by atoms with Gasteiger partial charge in [0.15, 0.2) is 6.61 Å². The summed E-state index contributed by atoms with van der Waals surface area (Å²) in [5.74, 6) is -2.21. The van der Waals surface area contributed by atoms with Crippen LogP contribution in [0.3, 0.4) is 0 Å². The van der Waals surface area contributed by atoms with Crippen molar-refractivity contribution < 1.29 is 23.9 Å². The molecule has 8 nitrogen and oxygen atoms in total. The normalized spacial score (nSPS) is 9.78. The maximum Gasteiger partial charge on any atom is 0.306 e. The average Bonchev–Trinajstić information content (AvgIpc) is 2.70. The van der Waals surface area contributed by atoms with Gasteiger partial charge in [0.2, 0.25) is 5.91 Å². The van der Waals surface area contributed by atoms with E-state index in [1.807, 2.05) is 6.07 Å². The minimum atomic E-state index is -0.693. The number of carbonyl (C=O) groups excluding carboxylic acids is 4. The van der Waals surface area contributed by atoms with Gasteiger partial charge < -0.3 is 10.1 Å². The van der Waals surface area contributed by atoms with Crippen LogP contribution in [-0.2, 0) is 19.1 Å². The average molecular weight is 369 g/mol. The number of nitrogens with one attached hydrogen (secondary N) is 3. The summed E-state index contributed by atoms with van der Waals surface area (Å²) < 4.78 is 4.76. The lowest BCUT2D eigenvalue weighted by atomic mass is 10.2. The van der Waals surface area contributed by atoms with Gasteiger partial charge in [-0.1, -0.05) is 36.4 Å². The van der Waals surface area contributed by atoms with Crippen molar-refractivity contribution in [2.45, 2.75) is 12.8 Å². The largest absolute Gasteiger partial charge is 0.455 e. The number of anilines is 1. The smallest absolute Gasteiger partial charge is 0.306 e. The van der Waals surface area contributed by atoms with Gasteiger partial charge in [0.1, 0.15) is 0 Å². The van der Waals surface area contributed by atoms with Gasteiger partial charge in [-0.15, -0.1) is 0 Å². The Morgan fingerprint density at radius 3 is 2.04 bits per heavy atom. The Balaban J connectivity index is 1.61. The molecule has 0 atom stereocenters. The van der Waals surface area contributed by atoms with Gasteiger partial charge in [-0.25, -0.2) is 0 Å². The first kappa shape index (κ1) is 19.6. The van der Waals surface area contributed by atoms with Crippen molar-refractivity contribution in [2.75, 3.05) is 11.9 Å². The molecule has 8 heteroatoms. The van der Waals surface area contributed by atoms with E-state index in [0.29, 0.717) is 11.3 Å². The molecule has 2 aromatic rings. The van der Waals surface area contributed by atoms with Gasteiger partial charge in [0.25, 0.3) is 11.8 Å². The second-order valence-corrected chi connectivity index (χ2v) is 5.44. The number of para-hydroxylation sites is 1. The van der Waals surface area contributed by atoms with Gasteiger partial charge in [-0.2, -0.15) is 0 Å². The molecule has 0 saturated carbocycles. The molecule has 27 heavy (non-hydrogen) atoms. The summed E-state index contributed by atoms with van der Waals surface area (Å²) in [5, 5.41) is 2.64. The first-order chi connectivity index (χ1) is 13.0. The maximum atomic E-state index is 11.7. The quantitative estimate of drug-likeness (QED) is 0.504. The molecule has 0 spiro atoms. The second-order valence-electron chi connectivity index (χ2n) is 5.44. The van der Waals surface area contributed by atoms with E-state index in [1.165, 1.54) is 0 Å². The van der Waals surface area contributed by atoms with Gasteiger partial charge >= 0.3 is 5.97 Å². The Morgan fingerprint density at radius 2 is 1.37 bits per heavy atom. The van der Waals surface area contributed by atoms with Crippen molar-refractivity contribution in [3.8, 4) is 0 Å². The highest BCUT2D eigenvalue weighted by Crippen LogP contribution is 2.06. The third-order valence-corrected chi connectivity index (χ3v) is 3.33. The van der Waals surface area contributed by atoms with Gasteiger partial charge in [0, 0.05) is 17.7 Å². The molecule has 3 amide bonds. The van der Waals surface area contributed by atoms with Crippen LogP contribution < -0.4 is 16.2 Å². The lowest BCUT2D eigenvalue weighted by molar-refractivity contribution is -0.149. The van der Waals surface area contributed by atoms with Crippen LogP contribution in [0.4, 0.5) is 5.69 Å². The zero-order valence-corrected chi connectivity index (χ0v) is 14.4. The van der Waals surface area contributed by atoms with Crippen molar-refractivity contribution in [2.24, 2.45) is 0 Å². The van der Waals surface area contributed by atoms with E-state index >= 15 is 0 Å². The molecule has 0 aromatic heterocycles. The summed E-state index contributed by atoms with van der Waals surface area (Å²) in [5.41, 5.74) is 5.35. The number of carbonyl (C=O) groups is 4. The Labute approximate surface area is 155 Å². The minimum Gasteiger partial charge on any atom is -0.455 e. The van der Waals surface area contributed by atoms with E-state index in [2.05, 4.69) is 16.2 Å². The number of amides is 3. The fourth-order valence-corrected chi connectivity index (χ4v) is 2.00. The highest BCUT2D eigenvalue weighted by atomic mass is 16.5. The van der Waals surface area contributed by atoms with E-state index in [4.69, 9.17) is 4.74 Å². The third kappa shape index (κ3) is 7.39. The number of benzene rings is 2. The summed E-state index contributed by atoms with van der Waals surface area (Å²) >= 11 is 0. The zero-order valence-electron chi connectivity index (χ0n) is 14.4. The van der Waals surface area contributed by atoms with Crippen LogP contribution in [0.5, 0.6) is 0 Å². The molecule has 0 bridgehead atoms. The molecule has 3 N–H and O–H groups in total. The second kappa shape index (κ2) is 10.3. The summed E-state index contributed by atoms with van der Waals surface area (Å²) in [6.07, 6.45) is -0.234. The van der Waals surface area contributed by atoms with Gasteiger partial charge in [0.05, 0.1) is 6.42 Å². The van der Waals surface area contributed by atoms with E-state index in [1.54, 1.807) is 54.6 Å². The summed E-state index contributed by atoms with van der Waals surface area (Å²) in [6.45, 7) is -0.561. The maximum absolute atomic E-state index is 11.7. The SMILES string of the molecule is O=C(COC(=O)CCC(=O)Nc1ccccc1)NNC(=O)c1ccccc1. The molecule has 0 heterocycles. The molecule has 0 fully saturated rings. The van der Waals surface area contributed by atoms with E-state index in [0.717, 1.165) is 0 Å². The molecule has 0 aliphatic heterocycles. The highest BCUT2D eigenvalue weighted by molar-refractivity contribution is 5.95. The number of hydrazine groups is 1. The summed E-state index contributed by atoms with van der Waals surface area (Å²) in [6, 6.07) is 17.1. The number of esters is 1. The fraction of sp³-hybridized carbons (Fsp3) is 0.158. The Bertz CT molecular complexity index is 794. The molecule has 2 aromatic carbocycles. The molecule has 0 unspecified atom stereocenters. The Morgan fingerprint density at radius 1 is 0.741 bits per heavy atom. The van der Waals surface area contributed by atoms with Crippen LogP contribution in [0.25, 0.3) is 0 Å². The number of hydrogen-bond donors (Lipinski definition) is 3. The van der Waals surface area contributed by atoms with Gasteiger partial charge in [-0.05, 0) is 24.3 Å². The van der Waals surface area contributed by atoms with E-state index in [9.17, 15) is 19.2 Å². The lowest BCUT2D eigenvalue weighted by Crippen LogP contribution is -2.43. The summed E-state index contributed by atoms with van der Waals surface area (Å²) in [4.78, 5) is 46.6. The standard InChI is InChI=1S/C19H19N3O5/c23-16(20-15-9-5-2-6-10-15)11-12-18(25)27-13-17(24)21-22-19(26)14-7-3-1-4-8-14/h1-10H,11-13H2,(H,20,23)(H,21,24)(H,22,26). The topological polar surface area (TPSA) is 114 Å².